The van der Waals surface area contributed by atoms with Crippen LogP contribution in [0, 0.1) is 11.3 Å². The molecule has 2 aromatic rings. The standard InChI is InChI=1S/C22H24N2O2/c23-15-14-17-8-11-19(12-9-17)24-22(25)13-10-18-4-3-7-21(16-18)26-20-5-1-2-6-20/h3-4,7-9,11-12,16,20H,1-2,5-6,10,13-14H2,(H,24,25). The quantitative estimate of drug-likeness (QED) is 0.792. The highest BCUT2D eigenvalue weighted by Crippen LogP contribution is 2.25. The van der Waals surface area contributed by atoms with Crippen LogP contribution < -0.4 is 10.1 Å². The van der Waals surface area contributed by atoms with Gasteiger partial charge in [0.05, 0.1) is 18.6 Å². The molecule has 0 spiro atoms. The number of ether oxygens (including phenoxy) is 1. The highest BCUT2D eigenvalue weighted by atomic mass is 16.5. The zero-order valence-corrected chi connectivity index (χ0v) is 14.9. The molecule has 0 radical (unpaired) electrons. The number of benzene rings is 2. The van der Waals surface area contributed by atoms with Crippen molar-refractivity contribution in [2.75, 3.05) is 5.32 Å². The molecule has 1 N–H and O–H groups in total. The lowest BCUT2D eigenvalue weighted by atomic mass is 10.1. The molecular formula is C22H24N2O2. The molecule has 0 unspecified atom stereocenters. The van der Waals surface area contributed by atoms with Gasteiger partial charge in [-0.1, -0.05) is 24.3 Å². The number of hydrogen-bond acceptors (Lipinski definition) is 3. The molecule has 0 aliphatic heterocycles. The molecule has 1 aliphatic rings. The van der Waals surface area contributed by atoms with Crippen molar-refractivity contribution in [3.05, 3.63) is 59.7 Å². The van der Waals surface area contributed by atoms with Crippen molar-refractivity contribution in [3.8, 4) is 11.8 Å². The number of carbonyl (C=O) groups is 1. The number of nitriles is 1. The summed E-state index contributed by atoms with van der Waals surface area (Å²) in [6.45, 7) is 0. The lowest BCUT2D eigenvalue weighted by Crippen LogP contribution is -2.13. The van der Waals surface area contributed by atoms with Gasteiger partial charge in [-0.2, -0.15) is 5.26 Å². The summed E-state index contributed by atoms with van der Waals surface area (Å²) in [5, 5.41) is 11.6. The van der Waals surface area contributed by atoms with Crippen LogP contribution in [0.25, 0.3) is 0 Å². The number of amides is 1. The van der Waals surface area contributed by atoms with Gasteiger partial charge in [0.25, 0.3) is 0 Å². The van der Waals surface area contributed by atoms with Crippen molar-refractivity contribution < 1.29 is 9.53 Å². The molecule has 1 aliphatic carbocycles. The Labute approximate surface area is 154 Å². The van der Waals surface area contributed by atoms with Gasteiger partial charge in [0.15, 0.2) is 0 Å². The first kappa shape index (κ1) is 18.0. The van der Waals surface area contributed by atoms with Crippen LogP contribution in [0.3, 0.4) is 0 Å². The fourth-order valence-electron chi connectivity index (χ4n) is 3.25. The zero-order valence-electron chi connectivity index (χ0n) is 14.9. The summed E-state index contributed by atoms with van der Waals surface area (Å²) < 4.78 is 6.03. The Bertz CT molecular complexity index is 771. The molecule has 3 rings (SSSR count). The van der Waals surface area contributed by atoms with Crippen molar-refractivity contribution in [1.82, 2.24) is 0 Å². The largest absolute Gasteiger partial charge is 0.490 e. The second-order valence-corrected chi connectivity index (χ2v) is 6.75. The van der Waals surface area contributed by atoms with E-state index in [4.69, 9.17) is 10.00 Å². The van der Waals surface area contributed by atoms with Gasteiger partial charge < -0.3 is 10.1 Å². The summed E-state index contributed by atoms with van der Waals surface area (Å²) in [6, 6.07) is 17.6. The molecule has 0 saturated heterocycles. The highest BCUT2D eigenvalue weighted by Gasteiger charge is 2.16. The second kappa shape index (κ2) is 9.05. The predicted octanol–water partition coefficient (Wildman–Crippen LogP) is 4.65. The summed E-state index contributed by atoms with van der Waals surface area (Å²) >= 11 is 0. The number of nitrogens with zero attached hydrogens (tertiary/aromatic N) is 1. The number of hydrogen-bond donors (Lipinski definition) is 1. The monoisotopic (exact) mass is 348 g/mol. The third-order valence-electron chi connectivity index (χ3n) is 4.67. The van der Waals surface area contributed by atoms with Gasteiger partial charge in [0.1, 0.15) is 5.75 Å². The summed E-state index contributed by atoms with van der Waals surface area (Å²) in [4.78, 5) is 12.2. The van der Waals surface area contributed by atoms with E-state index < -0.39 is 0 Å². The first-order chi connectivity index (χ1) is 12.7. The molecule has 4 heteroatoms. The van der Waals surface area contributed by atoms with Crippen molar-refractivity contribution in [2.24, 2.45) is 0 Å². The van der Waals surface area contributed by atoms with Crippen LogP contribution in [-0.2, 0) is 17.6 Å². The number of nitrogens with one attached hydrogen (secondary N) is 1. The average Bonchev–Trinajstić information content (AvgIpc) is 3.15. The Balaban J connectivity index is 1.48. The number of aryl methyl sites for hydroxylation is 1. The third-order valence-corrected chi connectivity index (χ3v) is 4.67. The smallest absolute Gasteiger partial charge is 0.224 e. The van der Waals surface area contributed by atoms with E-state index in [2.05, 4.69) is 11.4 Å². The van der Waals surface area contributed by atoms with E-state index in [9.17, 15) is 4.79 Å². The van der Waals surface area contributed by atoms with Crippen LogP contribution in [0.4, 0.5) is 5.69 Å². The first-order valence-electron chi connectivity index (χ1n) is 9.24. The Morgan fingerprint density at radius 3 is 2.62 bits per heavy atom. The van der Waals surface area contributed by atoms with Gasteiger partial charge in [-0.3, -0.25) is 4.79 Å². The minimum Gasteiger partial charge on any atom is -0.490 e. The molecule has 1 amide bonds. The second-order valence-electron chi connectivity index (χ2n) is 6.75. The summed E-state index contributed by atoms with van der Waals surface area (Å²) in [5.41, 5.74) is 2.82. The fourth-order valence-corrected chi connectivity index (χ4v) is 3.25. The van der Waals surface area contributed by atoms with Crippen LogP contribution in [0.1, 0.15) is 43.2 Å². The summed E-state index contributed by atoms with van der Waals surface area (Å²) in [7, 11) is 0. The molecular weight excluding hydrogens is 324 g/mol. The lowest BCUT2D eigenvalue weighted by Gasteiger charge is -2.13. The molecule has 2 aromatic carbocycles. The topological polar surface area (TPSA) is 62.1 Å². The molecule has 1 fully saturated rings. The van der Waals surface area contributed by atoms with Crippen molar-refractivity contribution in [2.45, 2.75) is 51.0 Å². The minimum absolute atomic E-state index is 0.0138. The summed E-state index contributed by atoms with van der Waals surface area (Å²) in [5.74, 6) is 0.892. The maximum absolute atomic E-state index is 12.2. The molecule has 0 heterocycles. The van der Waals surface area contributed by atoms with E-state index in [1.807, 2.05) is 48.5 Å². The molecule has 0 bridgehead atoms. The number of anilines is 1. The molecule has 0 aromatic heterocycles. The van der Waals surface area contributed by atoms with Crippen molar-refractivity contribution in [1.29, 1.82) is 5.26 Å². The first-order valence-corrected chi connectivity index (χ1v) is 9.24. The molecule has 134 valence electrons. The zero-order chi connectivity index (χ0) is 18.2. The van der Waals surface area contributed by atoms with Crippen LogP contribution in [-0.4, -0.2) is 12.0 Å². The Morgan fingerprint density at radius 2 is 1.88 bits per heavy atom. The lowest BCUT2D eigenvalue weighted by molar-refractivity contribution is -0.116. The fraction of sp³-hybridized carbons (Fsp3) is 0.364. The van der Waals surface area contributed by atoms with E-state index >= 15 is 0 Å². The van der Waals surface area contributed by atoms with E-state index in [-0.39, 0.29) is 5.91 Å². The van der Waals surface area contributed by atoms with Gasteiger partial charge in [0, 0.05) is 12.1 Å². The van der Waals surface area contributed by atoms with Gasteiger partial charge in [-0.15, -0.1) is 0 Å². The van der Waals surface area contributed by atoms with Crippen molar-refractivity contribution in [3.63, 3.8) is 0 Å². The minimum atomic E-state index is -0.0138. The molecule has 1 saturated carbocycles. The predicted molar refractivity (Wildman–Crippen MR) is 102 cm³/mol. The maximum atomic E-state index is 12.2. The molecule has 0 atom stereocenters. The SMILES string of the molecule is N#CCc1ccc(NC(=O)CCc2cccc(OC3CCCC3)c2)cc1. The Kier molecular flexibility index (Phi) is 6.27. The van der Waals surface area contributed by atoms with E-state index in [1.54, 1.807) is 0 Å². The van der Waals surface area contributed by atoms with Crippen LogP contribution >= 0.6 is 0 Å². The van der Waals surface area contributed by atoms with Crippen LogP contribution in [0.2, 0.25) is 0 Å². The summed E-state index contributed by atoms with van der Waals surface area (Å²) in [6.07, 6.45) is 6.61. The van der Waals surface area contributed by atoms with Crippen LogP contribution in [0.15, 0.2) is 48.5 Å². The molecule has 4 nitrogen and oxygen atoms in total. The van der Waals surface area contributed by atoms with Gasteiger partial charge in [-0.05, 0) is 67.5 Å². The van der Waals surface area contributed by atoms with Gasteiger partial charge in [0.2, 0.25) is 5.91 Å². The Hall–Kier alpha value is -2.80. The number of rotatable bonds is 7. The van der Waals surface area contributed by atoms with Crippen molar-refractivity contribution >= 4 is 11.6 Å². The maximum Gasteiger partial charge on any atom is 0.224 e. The number of carbonyl (C=O) groups excluding carboxylic acids is 1. The van der Waals surface area contributed by atoms with Crippen LogP contribution in [0.5, 0.6) is 5.75 Å². The average molecular weight is 348 g/mol. The Morgan fingerprint density at radius 1 is 1.12 bits per heavy atom. The van der Waals surface area contributed by atoms with E-state index in [0.717, 1.165) is 35.4 Å². The van der Waals surface area contributed by atoms with Gasteiger partial charge in [-0.25, -0.2) is 0 Å². The van der Waals surface area contributed by atoms with Gasteiger partial charge >= 0.3 is 0 Å². The highest BCUT2D eigenvalue weighted by molar-refractivity contribution is 5.90. The van der Waals surface area contributed by atoms with E-state index in [0.29, 0.717) is 25.4 Å². The molecule has 26 heavy (non-hydrogen) atoms. The third kappa shape index (κ3) is 5.35. The van der Waals surface area contributed by atoms with E-state index in [1.165, 1.54) is 12.8 Å². The normalized spacial score (nSPS) is 14.0.